The van der Waals surface area contributed by atoms with Crippen LogP contribution in [0.5, 0.6) is 0 Å². The molecule has 0 saturated heterocycles. The van der Waals surface area contributed by atoms with Gasteiger partial charge < -0.3 is 25.3 Å². The van der Waals surface area contributed by atoms with Crippen LogP contribution in [0.4, 0.5) is 0 Å². The summed E-state index contributed by atoms with van der Waals surface area (Å²) in [4.78, 5) is 8.97. The molecule has 1 heterocycles. The zero-order valence-electron chi connectivity index (χ0n) is 12.3. The number of hydrogen-bond donors (Lipinski definition) is 2. The second kappa shape index (κ2) is 12.8. The van der Waals surface area contributed by atoms with Crippen LogP contribution in [-0.4, -0.2) is 35.4 Å². The summed E-state index contributed by atoms with van der Waals surface area (Å²) < 4.78 is 0.994. The first-order valence-electron chi connectivity index (χ1n) is 6.38. The molecule has 2 N–H and O–H groups in total. The first-order valence-corrected chi connectivity index (χ1v) is 8.80. The first-order chi connectivity index (χ1) is 10.6. The van der Waals surface area contributed by atoms with Gasteiger partial charge in [-0.05, 0) is 52.2 Å². The number of nitrogens with one attached hydrogen (secondary N) is 2. The third-order valence-corrected chi connectivity index (χ3v) is 4.14. The predicted octanol–water partition coefficient (Wildman–Crippen LogP) is 2.22. The second-order valence-electron chi connectivity index (χ2n) is 3.64. The average molecular weight is 483 g/mol. The fraction of sp³-hybridized carbons (Fsp3) is 0.333. The minimum absolute atomic E-state index is 0. The standard InChI is InChI=1S/C12H17BrN6S3.Cu/c1-3-14-11(20)18-16-7-8(9-5-6-10(13)22-9)17-19-12(21)15-4-2;/h5-7H,3-4H2,1-2H3,(H2,14,18,20)(H2,15,19,21);/q;+2/p-2/b16-7+,17-8-;. The topological polar surface area (TPSA) is 73.5 Å². The van der Waals surface area contributed by atoms with Crippen LogP contribution in [0, 0.1) is 0 Å². The van der Waals surface area contributed by atoms with Gasteiger partial charge >= 0.3 is 17.1 Å². The molecule has 0 bridgehead atoms. The Hall–Kier alpha value is -0.581. The summed E-state index contributed by atoms with van der Waals surface area (Å²) >= 11 is 15.0. The summed E-state index contributed by atoms with van der Waals surface area (Å²) in [5.41, 5.74) is 6.00. The van der Waals surface area contributed by atoms with Crippen molar-refractivity contribution in [2.75, 3.05) is 13.1 Å². The Bertz CT molecular complexity index is 599. The van der Waals surface area contributed by atoms with Crippen molar-refractivity contribution in [3.63, 3.8) is 0 Å². The summed E-state index contributed by atoms with van der Waals surface area (Å²) in [6.07, 6.45) is 1.55. The molecule has 129 valence electrons. The van der Waals surface area contributed by atoms with Crippen molar-refractivity contribution in [3.05, 3.63) is 20.8 Å². The van der Waals surface area contributed by atoms with Crippen molar-refractivity contribution in [3.8, 4) is 0 Å². The summed E-state index contributed by atoms with van der Waals surface area (Å²) in [5, 5.41) is 8.92. The average Bonchev–Trinajstić information content (AvgIpc) is 2.89. The molecule has 1 aromatic heterocycles. The van der Waals surface area contributed by atoms with E-state index in [1.54, 1.807) is 6.21 Å². The molecule has 11 heteroatoms. The Labute approximate surface area is 169 Å². The number of thiophene rings is 1. The maximum Gasteiger partial charge on any atom is 2.00 e. The molecule has 6 nitrogen and oxygen atoms in total. The van der Waals surface area contributed by atoms with Crippen molar-refractivity contribution in [1.82, 2.24) is 10.9 Å². The largest absolute Gasteiger partial charge is 2.00 e. The zero-order valence-corrected chi connectivity index (χ0v) is 17.3. The van der Waals surface area contributed by atoms with E-state index in [0.717, 1.165) is 8.66 Å². The number of hydrogen-bond acceptors (Lipinski definition) is 7. The smallest absolute Gasteiger partial charge is 0.741 e. The zero-order chi connectivity index (χ0) is 16.4. The van der Waals surface area contributed by atoms with Crippen molar-refractivity contribution < 1.29 is 17.1 Å². The number of rotatable bonds is 6. The maximum atomic E-state index is 5.03. The summed E-state index contributed by atoms with van der Waals surface area (Å²) in [6.45, 7) is 5.01. The van der Waals surface area contributed by atoms with Gasteiger partial charge in [0.05, 0.1) is 14.9 Å². The molecule has 0 aliphatic heterocycles. The first kappa shape index (κ1) is 22.4. The molecule has 1 radical (unpaired) electrons. The van der Waals surface area contributed by atoms with Crippen LogP contribution in [0.1, 0.15) is 18.7 Å². The van der Waals surface area contributed by atoms with E-state index in [-0.39, 0.29) is 17.1 Å². The van der Waals surface area contributed by atoms with Crippen molar-refractivity contribution in [1.29, 1.82) is 0 Å². The molecule has 0 amide bonds. The van der Waals surface area contributed by atoms with Gasteiger partial charge in [-0.2, -0.15) is 10.2 Å². The van der Waals surface area contributed by atoms with E-state index in [0.29, 0.717) is 29.1 Å². The molecule has 0 atom stereocenters. The molecule has 0 spiro atoms. The van der Waals surface area contributed by atoms with Crippen LogP contribution in [0.15, 0.2) is 36.1 Å². The molecule has 0 aliphatic rings. The van der Waals surface area contributed by atoms with Gasteiger partial charge in [0.25, 0.3) is 0 Å². The number of halogens is 1. The van der Waals surface area contributed by atoms with Crippen LogP contribution in [-0.2, 0) is 42.3 Å². The van der Waals surface area contributed by atoms with Gasteiger partial charge in [0.15, 0.2) is 0 Å². The van der Waals surface area contributed by atoms with Gasteiger partial charge in [0.2, 0.25) is 0 Å². The molecule has 23 heavy (non-hydrogen) atoms. The predicted molar refractivity (Wildman–Crippen MR) is 104 cm³/mol. The summed E-state index contributed by atoms with van der Waals surface area (Å²) in [5.74, 6) is 0. The third-order valence-electron chi connectivity index (χ3n) is 2.05. The maximum absolute atomic E-state index is 5.03. The number of amidine groups is 2. The fourth-order valence-electron chi connectivity index (χ4n) is 1.21. The van der Waals surface area contributed by atoms with E-state index in [4.69, 9.17) is 25.3 Å². The fourth-order valence-corrected chi connectivity index (χ4v) is 2.91. The molecule has 1 aromatic rings. The van der Waals surface area contributed by atoms with Crippen molar-refractivity contribution in [2.24, 2.45) is 20.2 Å². The quantitative estimate of drug-likeness (QED) is 0.214. The van der Waals surface area contributed by atoms with E-state index in [1.807, 2.05) is 26.0 Å². The van der Waals surface area contributed by atoms with Gasteiger partial charge in [0, 0.05) is 13.1 Å². The molecule has 0 aromatic carbocycles. The van der Waals surface area contributed by atoms with Crippen LogP contribution >= 0.6 is 27.3 Å². The third kappa shape index (κ3) is 9.33. The van der Waals surface area contributed by atoms with Crippen molar-refractivity contribution in [2.45, 2.75) is 13.8 Å². The number of aliphatic imine (C=N–C) groups is 2. The SMILES string of the molecule is CCN=C([S-])N/N=C(/C=N/NC([S-])=NCC)c1ccc(Br)s1.[Cu+2]. The van der Waals surface area contributed by atoms with Gasteiger partial charge in [-0.1, -0.05) is 0 Å². The Kier molecular flexibility index (Phi) is 12.5. The summed E-state index contributed by atoms with van der Waals surface area (Å²) in [7, 11) is 0. The van der Waals surface area contributed by atoms with Gasteiger partial charge in [0.1, 0.15) is 5.71 Å². The number of hydrazone groups is 2. The summed E-state index contributed by atoms with van der Waals surface area (Å²) in [6, 6.07) is 3.86. The van der Waals surface area contributed by atoms with Crippen LogP contribution in [0.3, 0.4) is 0 Å². The van der Waals surface area contributed by atoms with E-state index < -0.39 is 0 Å². The van der Waals surface area contributed by atoms with Gasteiger partial charge in [-0.15, -0.1) is 11.3 Å². The molecule has 1 rings (SSSR count). The second-order valence-corrected chi connectivity index (χ2v) is 6.88. The van der Waals surface area contributed by atoms with E-state index in [1.165, 1.54) is 11.3 Å². The Morgan fingerprint density at radius 2 is 1.78 bits per heavy atom. The monoisotopic (exact) mass is 481 g/mol. The molecule has 0 unspecified atom stereocenters. The Balaban J connectivity index is 0.00000484. The Morgan fingerprint density at radius 1 is 1.17 bits per heavy atom. The van der Waals surface area contributed by atoms with Gasteiger partial charge in [-0.25, -0.2) is 0 Å². The van der Waals surface area contributed by atoms with Crippen LogP contribution < -0.4 is 10.9 Å². The molecule has 0 saturated carbocycles. The Morgan fingerprint density at radius 3 is 2.30 bits per heavy atom. The molecular formula is C12H15BrCuN6S3. The van der Waals surface area contributed by atoms with E-state index in [9.17, 15) is 0 Å². The van der Waals surface area contributed by atoms with E-state index in [2.05, 4.69) is 47.0 Å². The molecular weight excluding hydrogens is 468 g/mol. The molecule has 0 aliphatic carbocycles. The van der Waals surface area contributed by atoms with Gasteiger partial charge in [-0.3, -0.25) is 20.8 Å². The van der Waals surface area contributed by atoms with Crippen molar-refractivity contribution >= 4 is 74.8 Å². The van der Waals surface area contributed by atoms with Crippen LogP contribution in [0.25, 0.3) is 0 Å². The number of nitrogens with zero attached hydrogens (tertiary/aromatic N) is 4. The van der Waals surface area contributed by atoms with Crippen LogP contribution in [0.2, 0.25) is 0 Å². The molecule has 0 fully saturated rings. The van der Waals surface area contributed by atoms with E-state index >= 15 is 0 Å². The minimum atomic E-state index is 0. The normalized spacial score (nSPS) is 13.1. The minimum Gasteiger partial charge on any atom is -0.741 e.